The number of para-hydroxylation sites is 1. The fourth-order valence-corrected chi connectivity index (χ4v) is 1.57. The molecule has 1 N–H and O–H groups in total. The molecule has 0 radical (unpaired) electrons. The molecule has 6 nitrogen and oxygen atoms in total. The second-order valence-corrected chi connectivity index (χ2v) is 4.97. The van der Waals surface area contributed by atoms with Gasteiger partial charge in [0.1, 0.15) is 11.4 Å². The summed E-state index contributed by atoms with van der Waals surface area (Å²) in [6.45, 7) is 4.82. The van der Waals surface area contributed by atoms with Crippen molar-refractivity contribution in [3.63, 3.8) is 0 Å². The second kappa shape index (κ2) is 7.02. The van der Waals surface area contributed by atoms with Crippen molar-refractivity contribution in [1.29, 1.82) is 0 Å². The number of carbonyl (C=O) groups is 2. The van der Waals surface area contributed by atoms with E-state index in [0.717, 1.165) is 0 Å². The molecule has 110 valence electrons. The van der Waals surface area contributed by atoms with Gasteiger partial charge in [0.15, 0.2) is 0 Å². The molecule has 0 aliphatic carbocycles. The van der Waals surface area contributed by atoms with Gasteiger partial charge in [0, 0.05) is 6.42 Å². The highest BCUT2D eigenvalue weighted by Gasteiger charge is 2.27. The first kappa shape index (κ1) is 16.1. The Balaban J connectivity index is 2.45. The van der Waals surface area contributed by atoms with E-state index in [1.165, 1.54) is 12.1 Å². The lowest BCUT2D eigenvalue weighted by Gasteiger charge is -2.23. The van der Waals surface area contributed by atoms with Crippen LogP contribution in [0.1, 0.15) is 27.2 Å². The molecule has 0 aliphatic heterocycles. The number of esters is 1. The predicted octanol–water partition coefficient (Wildman–Crippen LogP) is 1.62. The summed E-state index contributed by atoms with van der Waals surface area (Å²) in [6.07, 6.45) is -0.381. The minimum atomic E-state index is -1.26. The summed E-state index contributed by atoms with van der Waals surface area (Å²) in [5, 5.41) is 9.25. The maximum Gasteiger partial charge on any atom is 0.450 e. The van der Waals surface area contributed by atoms with E-state index in [-0.39, 0.29) is 12.2 Å². The number of hydrogen-bond acceptors (Lipinski definition) is 6. The molecule has 0 aliphatic rings. The third kappa shape index (κ3) is 5.81. The van der Waals surface area contributed by atoms with Crippen molar-refractivity contribution < 1.29 is 29.2 Å². The molecule has 1 aromatic carbocycles. The van der Waals surface area contributed by atoms with Gasteiger partial charge in [-0.05, 0) is 32.9 Å². The van der Waals surface area contributed by atoms with Crippen molar-refractivity contribution in [3.8, 4) is 5.75 Å². The maximum absolute atomic E-state index is 11.4. The molecule has 0 aromatic heterocycles. The number of rotatable bonds is 5. The molecule has 1 atom stereocenters. The topological polar surface area (TPSA) is 82.1 Å². The molecule has 0 spiro atoms. The van der Waals surface area contributed by atoms with E-state index in [4.69, 9.17) is 9.62 Å². The Kier molecular flexibility index (Phi) is 5.66. The number of aliphatic hydroxyl groups excluding tert-OH is 1. The minimum Gasteiger partial charge on any atom is -0.418 e. The zero-order valence-corrected chi connectivity index (χ0v) is 11.7. The molecule has 1 rings (SSSR count). The van der Waals surface area contributed by atoms with E-state index in [0.29, 0.717) is 0 Å². The number of carbonyl (C=O) groups excluding carboxylic acids is 2. The zero-order chi connectivity index (χ0) is 15.2. The van der Waals surface area contributed by atoms with Crippen LogP contribution in [0.3, 0.4) is 0 Å². The molecule has 6 heteroatoms. The smallest absolute Gasteiger partial charge is 0.418 e. The van der Waals surface area contributed by atoms with Crippen LogP contribution in [-0.2, 0) is 19.4 Å². The van der Waals surface area contributed by atoms with Gasteiger partial charge < -0.3 is 9.84 Å². The van der Waals surface area contributed by atoms with Crippen molar-refractivity contribution in [1.82, 2.24) is 0 Å². The van der Waals surface area contributed by atoms with Gasteiger partial charge in [0.05, 0.1) is 6.10 Å². The van der Waals surface area contributed by atoms with Crippen LogP contribution in [0.2, 0.25) is 0 Å². The van der Waals surface area contributed by atoms with E-state index in [1.807, 2.05) is 0 Å². The highest BCUT2D eigenvalue weighted by atomic mass is 17.2. The number of hydrogen-bond donors (Lipinski definition) is 1. The van der Waals surface area contributed by atoms with Gasteiger partial charge in [0.25, 0.3) is 0 Å². The van der Waals surface area contributed by atoms with E-state index < -0.39 is 23.6 Å². The Bertz CT molecular complexity index is 452. The van der Waals surface area contributed by atoms with Gasteiger partial charge in [-0.25, -0.2) is 9.59 Å². The Morgan fingerprint density at radius 3 is 2.35 bits per heavy atom. The van der Waals surface area contributed by atoms with Crippen LogP contribution in [-0.4, -0.2) is 28.8 Å². The molecule has 0 amide bonds. The lowest BCUT2D eigenvalue weighted by atomic mass is 10.0. The van der Waals surface area contributed by atoms with Gasteiger partial charge in [-0.15, -0.1) is 0 Å². The van der Waals surface area contributed by atoms with E-state index in [1.54, 1.807) is 39.0 Å². The predicted molar refractivity (Wildman–Crippen MR) is 69.6 cm³/mol. The van der Waals surface area contributed by atoms with Gasteiger partial charge in [-0.3, -0.25) is 4.89 Å². The summed E-state index contributed by atoms with van der Waals surface area (Å²) in [7, 11) is 0. The molecule has 20 heavy (non-hydrogen) atoms. The van der Waals surface area contributed by atoms with Crippen molar-refractivity contribution in [2.24, 2.45) is 0 Å². The minimum absolute atomic E-state index is 0.234. The number of aliphatic hydroxyl groups is 1. The third-order valence-corrected chi connectivity index (χ3v) is 2.25. The monoisotopic (exact) mass is 282 g/mol. The summed E-state index contributed by atoms with van der Waals surface area (Å²) in [4.78, 5) is 32.1. The fraction of sp³-hybridized carbons (Fsp3) is 0.429. The highest BCUT2D eigenvalue weighted by molar-refractivity contribution is 6.30. The zero-order valence-electron chi connectivity index (χ0n) is 11.7. The lowest BCUT2D eigenvalue weighted by Crippen LogP contribution is -2.32. The lowest BCUT2D eigenvalue weighted by molar-refractivity contribution is -0.326. The molecule has 0 bridgehead atoms. The molecular formula is C14H18O6. The molecular weight excluding hydrogens is 264 g/mol. The van der Waals surface area contributed by atoms with Gasteiger partial charge in [-0.1, -0.05) is 18.2 Å². The van der Waals surface area contributed by atoms with Crippen LogP contribution in [0.15, 0.2) is 30.3 Å². The summed E-state index contributed by atoms with van der Waals surface area (Å²) < 4.78 is 4.78. The highest BCUT2D eigenvalue weighted by Crippen LogP contribution is 2.17. The van der Waals surface area contributed by atoms with E-state index >= 15 is 0 Å². The Morgan fingerprint density at radius 2 is 1.80 bits per heavy atom. The summed E-state index contributed by atoms with van der Waals surface area (Å²) >= 11 is 0. The quantitative estimate of drug-likeness (QED) is 0.290. The largest absolute Gasteiger partial charge is 0.450 e. The first-order valence-corrected chi connectivity index (χ1v) is 6.15. The van der Waals surface area contributed by atoms with Crippen LogP contribution in [0.4, 0.5) is 0 Å². The van der Waals surface area contributed by atoms with Crippen LogP contribution in [0, 0.1) is 0 Å². The second-order valence-electron chi connectivity index (χ2n) is 4.97. The van der Waals surface area contributed by atoms with Crippen molar-refractivity contribution >= 4 is 11.9 Å². The van der Waals surface area contributed by atoms with Gasteiger partial charge in [0.2, 0.25) is 0 Å². The normalized spacial score (nSPS) is 12.6. The SMILES string of the molecule is CC(O)CC(C)(C)OOC(=O)C(=O)Oc1ccccc1. The first-order valence-electron chi connectivity index (χ1n) is 6.15. The van der Waals surface area contributed by atoms with E-state index in [2.05, 4.69) is 4.89 Å². The standard InChI is InChI=1S/C14H18O6/c1-10(15)9-14(2,3)20-19-13(17)12(16)18-11-7-5-4-6-8-11/h4-8,10,15H,9H2,1-3H3. The van der Waals surface area contributed by atoms with E-state index in [9.17, 15) is 14.7 Å². The van der Waals surface area contributed by atoms with Crippen molar-refractivity contribution in [2.45, 2.75) is 38.9 Å². The Morgan fingerprint density at radius 1 is 1.20 bits per heavy atom. The molecule has 1 aromatic rings. The van der Waals surface area contributed by atoms with Crippen LogP contribution < -0.4 is 4.74 Å². The molecule has 0 saturated heterocycles. The van der Waals surface area contributed by atoms with Crippen molar-refractivity contribution in [2.75, 3.05) is 0 Å². The Labute approximate surface area is 117 Å². The summed E-state index contributed by atoms with van der Waals surface area (Å²) in [6, 6.07) is 8.14. The van der Waals surface area contributed by atoms with Gasteiger partial charge >= 0.3 is 11.9 Å². The summed E-state index contributed by atoms with van der Waals surface area (Å²) in [5.74, 6) is -2.20. The number of benzene rings is 1. The summed E-state index contributed by atoms with van der Waals surface area (Å²) in [5.41, 5.74) is -0.906. The number of ether oxygens (including phenoxy) is 1. The van der Waals surface area contributed by atoms with Crippen LogP contribution in [0.25, 0.3) is 0 Å². The molecule has 0 saturated carbocycles. The Hall–Kier alpha value is -1.92. The average Bonchev–Trinajstić information content (AvgIpc) is 2.35. The molecule has 0 heterocycles. The van der Waals surface area contributed by atoms with Crippen molar-refractivity contribution in [3.05, 3.63) is 30.3 Å². The van der Waals surface area contributed by atoms with Gasteiger partial charge in [-0.2, -0.15) is 4.89 Å². The first-order chi connectivity index (χ1) is 9.30. The van der Waals surface area contributed by atoms with Crippen LogP contribution in [0.5, 0.6) is 5.75 Å². The van der Waals surface area contributed by atoms with Crippen LogP contribution >= 0.6 is 0 Å². The third-order valence-electron chi connectivity index (χ3n) is 2.25. The fourth-order valence-electron chi connectivity index (χ4n) is 1.57. The maximum atomic E-state index is 11.4. The molecule has 0 fully saturated rings. The molecule has 1 unspecified atom stereocenters. The average molecular weight is 282 g/mol.